The zero-order valence-corrected chi connectivity index (χ0v) is 59.1. The second-order valence-corrected chi connectivity index (χ2v) is 28.1. The fraction of sp³-hybridized carbons (Fsp3) is 0.407. The second kappa shape index (κ2) is 29.1. The van der Waals surface area contributed by atoms with Gasteiger partial charge in [0.2, 0.25) is 0 Å². The highest BCUT2D eigenvalue weighted by Gasteiger charge is 2.35. The highest BCUT2D eigenvalue weighted by Crippen LogP contribution is 2.42. The van der Waals surface area contributed by atoms with Gasteiger partial charge < -0.3 is 67.5 Å². The number of nitrogens with one attached hydrogen (secondary N) is 2. The minimum Gasteiger partial charge on any atom is -0.497 e. The van der Waals surface area contributed by atoms with E-state index in [2.05, 4.69) is 114 Å². The number of carbonyl (C=O) groups excluding carboxylic acids is 3. The van der Waals surface area contributed by atoms with Gasteiger partial charge in [0, 0.05) is 154 Å². The van der Waals surface area contributed by atoms with Crippen molar-refractivity contribution in [2.24, 2.45) is 5.92 Å². The summed E-state index contributed by atoms with van der Waals surface area (Å²) in [5.41, 5.74) is 15.7. The van der Waals surface area contributed by atoms with Crippen molar-refractivity contribution in [2.75, 3.05) is 83.7 Å². The van der Waals surface area contributed by atoms with Crippen LogP contribution in [0.1, 0.15) is 152 Å². The Bertz CT molecular complexity index is 4530. The number of methoxy groups -OCH3 is 3. The first kappa shape index (κ1) is 67.1. The van der Waals surface area contributed by atoms with Crippen LogP contribution in [-0.2, 0) is 66.2 Å². The molecule has 6 aliphatic heterocycles. The summed E-state index contributed by atoms with van der Waals surface area (Å²) in [6, 6.07) is 36.1. The lowest BCUT2D eigenvalue weighted by atomic mass is 9.87. The summed E-state index contributed by atoms with van der Waals surface area (Å²) < 4.78 is 43.6. The third kappa shape index (κ3) is 14.0. The first-order valence-corrected chi connectivity index (χ1v) is 36.0. The van der Waals surface area contributed by atoms with Crippen LogP contribution in [0, 0.1) is 19.8 Å². The molecule has 9 heterocycles. The van der Waals surface area contributed by atoms with Gasteiger partial charge in [-0.1, -0.05) is 36.4 Å². The Balaban J connectivity index is 0.741. The van der Waals surface area contributed by atoms with Crippen molar-refractivity contribution in [2.45, 2.75) is 136 Å². The lowest BCUT2D eigenvalue weighted by Crippen LogP contribution is -2.44. The van der Waals surface area contributed by atoms with Gasteiger partial charge in [-0.15, -0.1) is 0 Å². The number of hydrogen-bond donors (Lipinski definition) is 2. The standard InChI is InChI=1S/C81H91N11O9/c1-50-17-18-59(40-72(50)97-6)81(95)91(43-54-25-31-100-74(35-54)63-22-19-55(39-64(63)69-47-90-28-11-16-78(90)86-69)53(4)83-79(93)58-12-8-13-62(38-58)96-5)44-61-37-57(68-46-89-27-10-15-77(89)85-68)20-23-70(61)87-29-33-101-75(48-87)65-34-51(2)73(98-7)41-66(65)80(94)82-42-60-36-56(67-45-88-26-9-14-76(88)84-67)21-24-71(60)92-30-32-99-49-52(92)3/h8,12-13,17-24,34,36-41,45-47,52-54,74-75H,9-11,14-16,25-33,35,42-44,48-49H2,1-7H3,(H,82,94)(H,83,93). The van der Waals surface area contributed by atoms with Crippen LogP contribution in [0.3, 0.4) is 0 Å². The summed E-state index contributed by atoms with van der Waals surface area (Å²) in [4.78, 5) is 66.9. The van der Waals surface area contributed by atoms with Crippen molar-refractivity contribution >= 4 is 29.1 Å². The van der Waals surface area contributed by atoms with Crippen LogP contribution in [0.25, 0.3) is 33.8 Å². The molecule has 9 aromatic rings. The molecule has 6 aromatic carbocycles. The number of aryl methyl sites for hydroxylation is 8. The summed E-state index contributed by atoms with van der Waals surface area (Å²) in [5, 5.41) is 6.60. The second-order valence-electron chi connectivity index (χ2n) is 28.1. The maximum absolute atomic E-state index is 15.8. The van der Waals surface area contributed by atoms with Crippen LogP contribution in [0.15, 0.2) is 128 Å². The molecule has 0 spiro atoms. The molecule has 0 aliphatic carbocycles. The van der Waals surface area contributed by atoms with Crippen LogP contribution >= 0.6 is 0 Å². The number of ether oxygens (including phenoxy) is 6. The van der Waals surface area contributed by atoms with Crippen molar-refractivity contribution in [3.63, 3.8) is 0 Å². The topological polar surface area (TPSA) is 194 Å². The number of nitrogens with zero attached hydrogens (tertiary/aromatic N) is 9. The third-order valence-corrected chi connectivity index (χ3v) is 21.5. The van der Waals surface area contributed by atoms with Crippen LogP contribution in [0.4, 0.5) is 11.4 Å². The molecule has 0 bridgehead atoms. The van der Waals surface area contributed by atoms with Crippen molar-refractivity contribution in [1.29, 1.82) is 0 Å². The summed E-state index contributed by atoms with van der Waals surface area (Å²) in [6.45, 7) is 15.8. The molecular formula is C81H91N11O9. The lowest BCUT2D eigenvalue weighted by molar-refractivity contribution is -0.0170. The fourth-order valence-corrected chi connectivity index (χ4v) is 15.9. The zero-order chi connectivity index (χ0) is 69.4. The van der Waals surface area contributed by atoms with Crippen LogP contribution < -0.4 is 34.6 Å². The van der Waals surface area contributed by atoms with Gasteiger partial charge in [-0.25, -0.2) is 15.0 Å². The number of fused-ring (bicyclic) bond motifs is 3. The predicted octanol–water partition coefficient (Wildman–Crippen LogP) is 12.8. The Morgan fingerprint density at radius 1 is 0.634 bits per heavy atom. The average molecular weight is 1360 g/mol. The van der Waals surface area contributed by atoms with E-state index >= 15 is 9.59 Å². The first-order chi connectivity index (χ1) is 49.2. The Hall–Kier alpha value is -9.76. The van der Waals surface area contributed by atoms with E-state index in [4.69, 9.17) is 43.4 Å². The monoisotopic (exact) mass is 1360 g/mol. The number of rotatable bonds is 21. The van der Waals surface area contributed by atoms with E-state index in [1.807, 2.05) is 68.1 Å². The van der Waals surface area contributed by atoms with Gasteiger partial charge in [-0.3, -0.25) is 14.4 Å². The van der Waals surface area contributed by atoms with Crippen LogP contribution in [0.5, 0.6) is 17.2 Å². The molecule has 0 radical (unpaired) electrons. The largest absolute Gasteiger partial charge is 0.497 e. The minimum atomic E-state index is -0.520. The van der Waals surface area contributed by atoms with E-state index in [9.17, 15) is 4.79 Å². The van der Waals surface area contributed by atoms with Crippen LogP contribution in [-0.4, -0.2) is 131 Å². The van der Waals surface area contributed by atoms with Gasteiger partial charge in [0.05, 0.1) is 70.4 Å². The average Bonchev–Trinajstić information content (AvgIpc) is 1.63. The molecule has 3 saturated heterocycles. The van der Waals surface area contributed by atoms with Gasteiger partial charge in [-0.05, 0) is 177 Å². The maximum atomic E-state index is 15.8. The van der Waals surface area contributed by atoms with E-state index in [1.165, 1.54) is 0 Å². The molecule has 5 unspecified atom stereocenters. The fourth-order valence-electron chi connectivity index (χ4n) is 15.9. The molecule has 2 N–H and O–H groups in total. The normalized spacial score (nSPS) is 19.0. The number of imidazole rings is 3. The lowest BCUT2D eigenvalue weighted by Gasteiger charge is -2.38. The Morgan fingerprint density at radius 2 is 1.32 bits per heavy atom. The highest BCUT2D eigenvalue weighted by molar-refractivity contribution is 5.97. The van der Waals surface area contributed by atoms with Crippen molar-refractivity contribution in [3.8, 4) is 51.0 Å². The van der Waals surface area contributed by atoms with Gasteiger partial charge in [-0.2, -0.15) is 0 Å². The number of morpholine rings is 2. The van der Waals surface area contributed by atoms with E-state index in [0.717, 1.165) is 173 Å². The van der Waals surface area contributed by atoms with E-state index in [1.54, 1.807) is 33.5 Å². The summed E-state index contributed by atoms with van der Waals surface area (Å²) in [6.07, 6.45) is 13.0. The summed E-state index contributed by atoms with van der Waals surface area (Å²) >= 11 is 0. The minimum absolute atomic E-state index is 0.0275. The SMILES string of the molecule is COc1cccc(C(=O)NC(C)c2ccc(C3CC(CN(Cc4cc(-c5cn6c(n5)CCC6)ccc4N4CCOC(c5cc(C)c(OC)cc5C(=O)NCc5cc(-c6cn7c(n6)CCC7)ccc5N5CCOCC5C)C4)C(=O)c4ccc(C)c(OC)c4)CCO3)c(-c3cn4c(n3)CCC4)c2)c1. The molecule has 524 valence electrons. The Morgan fingerprint density at radius 3 is 2.02 bits per heavy atom. The van der Waals surface area contributed by atoms with E-state index in [0.29, 0.717) is 86.4 Å². The number of amides is 3. The predicted molar refractivity (Wildman–Crippen MR) is 388 cm³/mol. The van der Waals surface area contributed by atoms with Gasteiger partial charge >= 0.3 is 0 Å². The third-order valence-electron chi connectivity index (χ3n) is 21.5. The number of aromatic nitrogens is 6. The molecule has 20 heteroatoms. The molecule has 3 fully saturated rings. The zero-order valence-electron chi connectivity index (χ0n) is 59.1. The van der Waals surface area contributed by atoms with Gasteiger partial charge in [0.25, 0.3) is 17.7 Å². The molecule has 20 nitrogen and oxygen atoms in total. The molecule has 101 heavy (non-hydrogen) atoms. The van der Waals surface area contributed by atoms with E-state index < -0.39 is 6.10 Å². The number of benzene rings is 6. The first-order valence-electron chi connectivity index (χ1n) is 36.0. The molecule has 5 atom stereocenters. The number of carbonyl (C=O) groups is 3. The molecule has 0 saturated carbocycles. The Labute approximate surface area is 590 Å². The van der Waals surface area contributed by atoms with E-state index in [-0.39, 0.29) is 54.9 Å². The molecule has 6 aliphatic rings. The summed E-state index contributed by atoms with van der Waals surface area (Å²) in [7, 11) is 4.88. The molecule has 3 amide bonds. The maximum Gasteiger partial charge on any atom is 0.254 e. The molecule has 3 aromatic heterocycles. The molecular weight excluding hydrogens is 1270 g/mol. The van der Waals surface area contributed by atoms with Crippen molar-refractivity contribution in [1.82, 2.24) is 44.2 Å². The van der Waals surface area contributed by atoms with Crippen molar-refractivity contribution < 1.29 is 42.8 Å². The van der Waals surface area contributed by atoms with Gasteiger partial charge in [0.15, 0.2) is 0 Å². The Kier molecular flexibility index (Phi) is 19.3. The van der Waals surface area contributed by atoms with Crippen LogP contribution in [0.2, 0.25) is 0 Å². The smallest absolute Gasteiger partial charge is 0.254 e. The summed E-state index contributed by atoms with van der Waals surface area (Å²) in [5.74, 6) is 4.60. The quantitative estimate of drug-likeness (QED) is 0.0690. The van der Waals surface area contributed by atoms with Gasteiger partial charge in [0.1, 0.15) is 40.8 Å². The van der Waals surface area contributed by atoms with Crippen molar-refractivity contribution in [3.05, 3.63) is 201 Å². The number of hydrogen-bond acceptors (Lipinski definition) is 14. The highest BCUT2D eigenvalue weighted by atomic mass is 16.5. The molecule has 15 rings (SSSR count). The number of anilines is 2.